The first kappa shape index (κ1) is 16.9. The van der Waals surface area contributed by atoms with Crippen LogP contribution in [0.15, 0.2) is 58.9 Å². The quantitative estimate of drug-likeness (QED) is 0.363. The lowest BCUT2D eigenvalue weighted by Gasteiger charge is -2.24. The van der Waals surface area contributed by atoms with Crippen molar-refractivity contribution in [1.82, 2.24) is 0 Å². The Morgan fingerprint density at radius 2 is 1.80 bits per heavy atom. The number of allylic oxidation sites excluding steroid dienone is 1. The number of furan rings is 1. The maximum atomic E-state index is 13.0. The Labute approximate surface area is 170 Å². The molecule has 0 spiro atoms. The predicted molar refractivity (Wildman–Crippen MR) is 103 cm³/mol. The topological polar surface area (TPSA) is 84.2 Å². The second kappa shape index (κ2) is 6.25. The van der Waals surface area contributed by atoms with Gasteiger partial charge in [-0.25, -0.2) is 0 Å². The number of benzene rings is 2. The molecule has 1 aromatic heterocycles. The summed E-state index contributed by atoms with van der Waals surface area (Å²) in [5, 5.41) is 0. The van der Waals surface area contributed by atoms with Crippen molar-refractivity contribution in [3.05, 3.63) is 76.9 Å². The highest BCUT2D eigenvalue weighted by molar-refractivity contribution is 6.15. The Kier molecular flexibility index (Phi) is 3.52. The number of Topliss-reactive ketones (excluding diaryl/α,β-unsaturated/α-hetero) is 1. The average Bonchev–Trinajstić information content (AvgIpc) is 3.48. The van der Waals surface area contributed by atoms with Crippen LogP contribution < -0.4 is 18.9 Å². The molecule has 0 saturated carbocycles. The van der Waals surface area contributed by atoms with Crippen LogP contribution >= 0.6 is 0 Å². The van der Waals surface area contributed by atoms with Crippen LogP contribution in [0.3, 0.4) is 0 Å². The monoisotopic (exact) mass is 402 g/mol. The molecule has 3 aromatic rings. The summed E-state index contributed by atoms with van der Waals surface area (Å²) in [5.74, 6) is 1.89. The molecule has 7 nitrogen and oxygen atoms in total. The Bertz CT molecular complexity index is 1240. The molecule has 0 fully saturated rings. The summed E-state index contributed by atoms with van der Waals surface area (Å²) in [6.07, 6.45) is 3.32. The van der Waals surface area contributed by atoms with Gasteiger partial charge in [0.05, 0.1) is 24.2 Å². The molecule has 1 unspecified atom stereocenters. The van der Waals surface area contributed by atoms with Crippen molar-refractivity contribution >= 4 is 17.8 Å². The molecule has 0 aliphatic carbocycles. The first-order valence-electron chi connectivity index (χ1n) is 9.42. The van der Waals surface area contributed by atoms with Crippen LogP contribution in [0, 0.1) is 0 Å². The molecule has 0 N–H and O–H groups in total. The van der Waals surface area contributed by atoms with E-state index >= 15 is 0 Å². The number of carbonyl (C=O) groups excluding carboxylic acids is 2. The number of fused-ring (bicyclic) bond motifs is 4. The molecule has 3 aliphatic heterocycles. The van der Waals surface area contributed by atoms with E-state index in [4.69, 9.17) is 23.4 Å². The van der Waals surface area contributed by atoms with Gasteiger partial charge in [-0.2, -0.15) is 0 Å². The fourth-order valence-corrected chi connectivity index (χ4v) is 3.99. The van der Waals surface area contributed by atoms with Crippen molar-refractivity contribution in [2.24, 2.45) is 0 Å². The number of esters is 1. The maximum Gasteiger partial charge on any atom is 0.312 e. The third kappa shape index (κ3) is 2.52. The molecule has 0 amide bonds. The number of rotatable bonds is 2. The summed E-state index contributed by atoms with van der Waals surface area (Å²) < 4.78 is 27.7. The predicted octanol–water partition coefficient (Wildman–Crippen LogP) is 4.07. The number of hydrogen-bond donors (Lipinski definition) is 0. The van der Waals surface area contributed by atoms with E-state index in [9.17, 15) is 9.59 Å². The third-order valence-corrected chi connectivity index (χ3v) is 5.36. The molecule has 7 heteroatoms. The molecule has 30 heavy (non-hydrogen) atoms. The van der Waals surface area contributed by atoms with Crippen LogP contribution in [0.4, 0.5) is 0 Å². The average molecular weight is 402 g/mol. The molecule has 1 atom stereocenters. The molecule has 0 bridgehead atoms. The first-order chi connectivity index (χ1) is 14.7. The molecular formula is C23H14O7. The summed E-state index contributed by atoms with van der Waals surface area (Å²) >= 11 is 0. The molecule has 0 radical (unpaired) electrons. The minimum Gasteiger partial charge on any atom is -0.469 e. The zero-order valence-corrected chi connectivity index (χ0v) is 15.5. The fraction of sp³-hybridized carbons (Fsp3) is 0.130. The normalized spacial score (nSPS) is 20.0. The number of hydrogen-bond acceptors (Lipinski definition) is 7. The summed E-state index contributed by atoms with van der Waals surface area (Å²) in [5.41, 5.74) is 1.82. The van der Waals surface area contributed by atoms with Crippen molar-refractivity contribution in [3.8, 4) is 23.0 Å². The lowest BCUT2D eigenvalue weighted by Crippen LogP contribution is -2.21. The van der Waals surface area contributed by atoms with E-state index in [1.54, 1.807) is 48.7 Å². The van der Waals surface area contributed by atoms with Gasteiger partial charge in [0.25, 0.3) is 0 Å². The lowest BCUT2D eigenvalue weighted by molar-refractivity contribution is -0.135. The summed E-state index contributed by atoms with van der Waals surface area (Å²) in [4.78, 5) is 25.1. The fourth-order valence-electron chi connectivity index (χ4n) is 3.99. The van der Waals surface area contributed by atoms with Gasteiger partial charge in [-0.15, -0.1) is 0 Å². The molecule has 148 valence electrons. The summed E-state index contributed by atoms with van der Waals surface area (Å²) in [6.45, 7) is 0.176. The highest BCUT2D eigenvalue weighted by Crippen LogP contribution is 2.49. The van der Waals surface area contributed by atoms with E-state index in [0.29, 0.717) is 39.9 Å². The second-order valence-electron chi connectivity index (χ2n) is 7.15. The molecule has 6 rings (SSSR count). The molecular weight excluding hydrogens is 388 g/mol. The minimum absolute atomic E-state index is 0.107. The number of ether oxygens (including phenoxy) is 4. The van der Waals surface area contributed by atoms with Crippen LogP contribution in [0.1, 0.15) is 39.6 Å². The minimum atomic E-state index is -0.385. The molecule has 4 heterocycles. The summed E-state index contributed by atoms with van der Waals surface area (Å²) in [6, 6.07) is 12.2. The molecule has 3 aliphatic rings. The zero-order chi connectivity index (χ0) is 20.2. The van der Waals surface area contributed by atoms with Crippen molar-refractivity contribution in [2.45, 2.75) is 12.3 Å². The Hall–Kier alpha value is -4.00. The van der Waals surface area contributed by atoms with Gasteiger partial charge in [0.1, 0.15) is 17.3 Å². The van der Waals surface area contributed by atoms with E-state index in [1.807, 2.05) is 6.07 Å². The van der Waals surface area contributed by atoms with Gasteiger partial charge in [-0.1, -0.05) is 6.07 Å². The van der Waals surface area contributed by atoms with Crippen molar-refractivity contribution in [3.63, 3.8) is 0 Å². The zero-order valence-electron chi connectivity index (χ0n) is 15.5. The Balaban J connectivity index is 1.43. The Morgan fingerprint density at radius 3 is 2.67 bits per heavy atom. The maximum absolute atomic E-state index is 13.0. The first-order valence-corrected chi connectivity index (χ1v) is 9.42. The third-order valence-electron chi connectivity index (χ3n) is 5.36. The van der Waals surface area contributed by atoms with E-state index in [2.05, 4.69) is 0 Å². The molecule has 2 aromatic carbocycles. The van der Waals surface area contributed by atoms with Gasteiger partial charge in [0.2, 0.25) is 12.6 Å². The highest BCUT2D eigenvalue weighted by atomic mass is 16.7. The summed E-state index contributed by atoms with van der Waals surface area (Å²) in [7, 11) is 0. The smallest absolute Gasteiger partial charge is 0.312 e. The SMILES string of the molecule is O=C1CC(c2ccco2)c2c(ccc3c2OC(=Cc2ccc4c(c2)OCO4)C3=O)O1. The number of carbonyl (C=O) groups is 2. The van der Waals surface area contributed by atoms with Gasteiger partial charge >= 0.3 is 5.97 Å². The van der Waals surface area contributed by atoms with Crippen molar-refractivity contribution in [1.29, 1.82) is 0 Å². The van der Waals surface area contributed by atoms with E-state index in [0.717, 1.165) is 5.56 Å². The van der Waals surface area contributed by atoms with E-state index in [1.165, 1.54) is 0 Å². The van der Waals surface area contributed by atoms with E-state index < -0.39 is 0 Å². The van der Waals surface area contributed by atoms with Crippen LogP contribution in [0.2, 0.25) is 0 Å². The van der Waals surface area contributed by atoms with Gasteiger partial charge in [0.15, 0.2) is 17.3 Å². The highest BCUT2D eigenvalue weighted by Gasteiger charge is 2.39. The van der Waals surface area contributed by atoms with Gasteiger partial charge in [-0.3, -0.25) is 9.59 Å². The standard InChI is InChI=1S/C23H14O7/c24-20-10-14(15-2-1-7-26-15)21-17(29-20)6-4-13-22(25)19(30-23(13)21)9-12-3-5-16-18(8-12)28-11-27-16/h1-9,14H,10-11H2. The van der Waals surface area contributed by atoms with Crippen LogP contribution in [0.5, 0.6) is 23.0 Å². The van der Waals surface area contributed by atoms with Crippen LogP contribution in [-0.4, -0.2) is 18.5 Å². The van der Waals surface area contributed by atoms with E-state index in [-0.39, 0.29) is 36.6 Å². The van der Waals surface area contributed by atoms with Gasteiger partial charge in [-0.05, 0) is 48.0 Å². The Morgan fingerprint density at radius 1 is 0.933 bits per heavy atom. The molecule has 0 saturated heterocycles. The van der Waals surface area contributed by atoms with Crippen molar-refractivity contribution in [2.75, 3.05) is 6.79 Å². The van der Waals surface area contributed by atoms with Gasteiger partial charge < -0.3 is 23.4 Å². The van der Waals surface area contributed by atoms with Gasteiger partial charge in [0, 0.05) is 5.56 Å². The van der Waals surface area contributed by atoms with Crippen LogP contribution in [-0.2, 0) is 4.79 Å². The lowest BCUT2D eigenvalue weighted by atomic mass is 9.88. The number of ketones is 1. The second-order valence-corrected chi connectivity index (χ2v) is 7.15. The van der Waals surface area contributed by atoms with Crippen molar-refractivity contribution < 1.29 is 33.0 Å². The largest absolute Gasteiger partial charge is 0.469 e. The van der Waals surface area contributed by atoms with Crippen LogP contribution in [0.25, 0.3) is 6.08 Å².